The van der Waals surface area contributed by atoms with Gasteiger partial charge in [-0.15, -0.1) is 12.0 Å². The molecule has 0 aromatic heterocycles. The Morgan fingerprint density at radius 2 is 1.25 bits per heavy atom. The number of halogens is 2. The molecular formula is C37H36Cl2Zr-2. The van der Waals surface area contributed by atoms with Crippen LogP contribution in [0.3, 0.4) is 0 Å². The summed E-state index contributed by atoms with van der Waals surface area (Å²) in [6.07, 6.45) is 11.0. The second-order valence-corrected chi connectivity index (χ2v) is 11.6. The van der Waals surface area contributed by atoms with Crippen molar-refractivity contribution in [1.29, 1.82) is 0 Å². The van der Waals surface area contributed by atoms with Crippen molar-refractivity contribution in [1.82, 2.24) is 0 Å². The maximum Gasteiger partial charge on any atom is -0.0253 e. The Labute approximate surface area is 268 Å². The van der Waals surface area contributed by atoms with Crippen LogP contribution in [0.25, 0.3) is 11.1 Å². The SMILES string of the molecule is CC(C)c1ccc([C](=[Zr+2])c2ccc(C(C)C)cc2)cc1.[C-]1=CC=CC1.[Cl-].[Cl-].[c-]1cccc2c1Cc1ccccc1-2. The van der Waals surface area contributed by atoms with Gasteiger partial charge in [0, 0.05) is 0 Å². The van der Waals surface area contributed by atoms with Crippen LogP contribution in [0.15, 0.2) is 109 Å². The van der Waals surface area contributed by atoms with Gasteiger partial charge in [0.25, 0.3) is 0 Å². The molecule has 0 aliphatic heterocycles. The van der Waals surface area contributed by atoms with Crippen molar-refractivity contribution < 1.29 is 49.0 Å². The molecule has 0 heterocycles. The van der Waals surface area contributed by atoms with E-state index in [1.54, 1.807) is 0 Å². The van der Waals surface area contributed by atoms with Crippen molar-refractivity contribution in [3.8, 4) is 11.1 Å². The van der Waals surface area contributed by atoms with Gasteiger partial charge in [-0.1, -0.05) is 35.4 Å². The summed E-state index contributed by atoms with van der Waals surface area (Å²) in [4.78, 5) is 0. The Hall–Kier alpha value is -2.31. The molecule has 0 saturated carbocycles. The van der Waals surface area contributed by atoms with Crippen molar-refractivity contribution in [3.05, 3.63) is 155 Å². The van der Waals surface area contributed by atoms with Crippen molar-refractivity contribution in [2.75, 3.05) is 0 Å². The van der Waals surface area contributed by atoms with Gasteiger partial charge in [0.15, 0.2) is 0 Å². The molecule has 0 N–H and O–H groups in total. The van der Waals surface area contributed by atoms with Crippen LogP contribution in [0.5, 0.6) is 0 Å². The van der Waals surface area contributed by atoms with Crippen molar-refractivity contribution in [2.45, 2.75) is 52.4 Å². The molecule has 0 amide bonds. The van der Waals surface area contributed by atoms with Crippen molar-refractivity contribution in [2.24, 2.45) is 0 Å². The first kappa shape index (κ1) is 33.9. The van der Waals surface area contributed by atoms with E-state index in [0.29, 0.717) is 11.8 Å². The zero-order valence-electron chi connectivity index (χ0n) is 23.7. The molecule has 2 aliphatic rings. The molecule has 0 fully saturated rings. The summed E-state index contributed by atoms with van der Waals surface area (Å²) in [7, 11) is 0. The smallest absolute Gasteiger partial charge is 0.0253 e. The molecule has 3 heteroatoms. The van der Waals surface area contributed by atoms with E-state index in [-0.39, 0.29) is 24.8 Å². The monoisotopic (exact) mass is 640 g/mol. The predicted octanol–water partition coefficient (Wildman–Crippen LogP) is 3.42. The van der Waals surface area contributed by atoms with E-state index in [4.69, 9.17) is 0 Å². The minimum Gasteiger partial charge on any atom is -1.00 e. The Balaban J connectivity index is 0.000000239. The second kappa shape index (κ2) is 16.8. The van der Waals surface area contributed by atoms with Crippen LogP contribution in [0.4, 0.5) is 0 Å². The van der Waals surface area contributed by atoms with Gasteiger partial charge in [-0.3, -0.25) is 6.08 Å². The number of rotatable bonds is 4. The fourth-order valence-corrected chi connectivity index (χ4v) is 5.39. The molecule has 40 heavy (non-hydrogen) atoms. The van der Waals surface area contributed by atoms with E-state index in [1.807, 2.05) is 18.2 Å². The zero-order valence-corrected chi connectivity index (χ0v) is 27.7. The summed E-state index contributed by atoms with van der Waals surface area (Å²) >= 11 is 1.47. The third-order valence-electron chi connectivity index (χ3n) is 6.93. The predicted molar refractivity (Wildman–Crippen MR) is 159 cm³/mol. The Kier molecular flexibility index (Phi) is 14.3. The van der Waals surface area contributed by atoms with Crippen LogP contribution >= 0.6 is 0 Å². The van der Waals surface area contributed by atoms with Gasteiger partial charge in [0.05, 0.1) is 0 Å². The van der Waals surface area contributed by atoms with Gasteiger partial charge in [-0.05, 0) is 6.42 Å². The molecule has 0 nitrogen and oxygen atoms in total. The van der Waals surface area contributed by atoms with Crippen LogP contribution in [0.1, 0.15) is 79.3 Å². The zero-order chi connectivity index (χ0) is 26.9. The van der Waals surface area contributed by atoms with Crippen LogP contribution < -0.4 is 24.8 Å². The molecule has 0 bridgehead atoms. The molecule has 204 valence electrons. The minimum absolute atomic E-state index is 0. The third kappa shape index (κ3) is 9.10. The van der Waals surface area contributed by atoms with Crippen LogP contribution in [0.2, 0.25) is 0 Å². The summed E-state index contributed by atoms with van der Waals surface area (Å²) < 4.78 is 1.43. The summed E-state index contributed by atoms with van der Waals surface area (Å²) in [5.74, 6) is 1.20. The minimum atomic E-state index is 0. The maximum atomic E-state index is 3.30. The average molecular weight is 643 g/mol. The molecule has 4 aromatic carbocycles. The van der Waals surface area contributed by atoms with Gasteiger partial charge in [-0.2, -0.15) is 35.9 Å². The molecule has 0 unspecified atom stereocenters. The molecule has 0 spiro atoms. The fraction of sp³-hybridized carbons (Fsp3) is 0.216. The largest absolute Gasteiger partial charge is 1.00 e. The summed E-state index contributed by atoms with van der Waals surface area (Å²) in [5.41, 5.74) is 11.0. The van der Waals surface area contributed by atoms with E-state index < -0.39 is 0 Å². The number of hydrogen-bond donors (Lipinski definition) is 0. The van der Waals surface area contributed by atoms with Crippen LogP contribution in [0, 0.1) is 12.1 Å². The number of benzene rings is 4. The number of hydrogen-bond acceptors (Lipinski definition) is 0. The molecule has 2 aliphatic carbocycles. The topological polar surface area (TPSA) is 0 Å². The van der Waals surface area contributed by atoms with Gasteiger partial charge >= 0.3 is 138 Å². The van der Waals surface area contributed by atoms with E-state index in [0.717, 1.165) is 12.8 Å². The first-order valence-corrected chi connectivity index (χ1v) is 14.8. The molecule has 0 radical (unpaired) electrons. The Morgan fingerprint density at radius 3 is 1.73 bits per heavy atom. The molecule has 6 rings (SSSR count). The quantitative estimate of drug-likeness (QED) is 0.264. The average Bonchev–Trinajstić information content (AvgIpc) is 3.65. The van der Waals surface area contributed by atoms with E-state index in [2.05, 4.69) is 131 Å². The molecule has 4 aromatic rings. The second-order valence-electron chi connectivity index (χ2n) is 10.3. The van der Waals surface area contributed by atoms with Crippen LogP contribution in [-0.4, -0.2) is 3.21 Å². The summed E-state index contributed by atoms with van der Waals surface area (Å²) in [6.45, 7) is 8.95. The summed E-state index contributed by atoms with van der Waals surface area (Å²) in [5, 5.41) is 0. The fourth-order valence-electron chi connectivity index (χ4n) is 4.57. The first-order chi connectivity index (χ1) is 18.4. The van der Waals surface area contributed by atoms with Gasteiger partial charge < -0.3 is 24.8 Å². The van der Waals surface area contributed by atoms with Gasteiger partial charge in [0.2, 0.25) is 0 Å². The van der Waals surface area contributed by atoms with Crippen LogP contribution in [-0.2, 0) is 30.7 Å². The van der Waals surface area contributed by atoms with E-state index in [1.165, 1.54) is 71.9 Å². The Morgan fingerprint density at radius 1 is 0.700 bits per heavy atom. The van der Waals surface area contributed by atoms with Crippen molar-refractivity contribution in [3.63, 3.8) is 0 Å². The van der Waals surface area contributed by atoms with Gasteiger partial charge in [0.1, 0.15) is 0 Å². The number of allylic oxidation sites excluding steroid dienone is 4. The maximum absolute atomic E-state index is 3.30. The summed E-state index contributed by atoms with van der Waals surface area (Å²) in [6, 6.07) is 36.2. The normalized spacial score (nSPS) is 11.8. The first-order valence-electron chi connectivity index (χ1n) is 13.5. The standard InChI is InChI=1S/C19H22.C13H9.C5H5.2ClH.Zr/c1-14(2)18-9-5-16(6-10-18)13-17-7-11-19(12-8-17)15(3)4;1-3-7-12-10(5-1)9-11-6-2-4-8-13(11)12;1-2-4-5-3-1;;;/h5-12,14-15H,1-4H3;1-5,7-8H,9H2;1-3H,4H2;2*1H;/q;2*-1;;;+2/p-2. The Bertz CT molecular complexity index is 1300. The van der Waals surface area contributed by atoms with Crippen molar-refractivity contribution >= 4 is 3.21 Å². The number of fused-ring (bicyclic) bond motifs is 3. The third-order valence-corrected chi connectivity index (χ3v) is 8.35. The van der Waals surface area contributed by atoms with E-state index in [9.17, 15) is 0 Å². The molecule has 0 saturated heterocycles. The van der Waals surface area contributed by atoms with Gasteiger partial charge in [-0.25, -0.2) is 12.2 Å². The molecular weight excluding hydrogens is 607 g/mol. The van der Waals surface area contributed by atoms with E-state index >= 15 is 0 Å². The molecule has 0 atom stereocenters.